The van der Waals surface area contributed by atoms with E-state index in [0.717, 1.165) is 33.8 Å². The molecule has 20 heavy (non-hydrogen) atoms. The molecular formula is C17H19ClFN. The van der Waals surface area contributed by atoms with Crippen molar-refractivity contribution < 1.29 is 4.39 Å². The van der Waals surface area contributed by atoms with Crippen LogP contribution >= 0.6 is 11.6 Å². The van der Waals surface area contributed by atoms with E-state index in [1.807, 2.05) is 32.0 Å². The third kappa shape index (κ3) is 3.20. The first-order valence-electron chi connectivity index (χ1n) is 6.78. The second-order valence-corrected chi connectivity index (χ2v) is 5.41. The molecule has 0 aliphatic heterocycles. The normalized spacial score (nSPS) is 12.4. The molecule has 2 aromatic carbocycles. The third-order valence-electron chi connectivity index (χ3n) is 3.48. The second kappa shape index (κ2) is 6.38. The lowest BCUT2D eigenvalue weighted by atomic mass is 9.94. The van der Waals surface area contributed by atoms with Gasteiger partial charge in [0.25, 0.3) is 0 Å². The molecule has 0 aliphatic rings. The number of nitrogens with one attached hydrogen (secondary N) is 1. The number of benzene rings is 2. The van der Waals surface area contributed by atoms with Gasteiger partial charge >= 0.3 is 0 Å². The molecule has 0 fully saturated rings. The Labute approximate surface area is 124 Å². The highest BCUT2D eigenvalue weighted by Crippen LogP contribution is 2.28. The molecule has 0 saturated heterocycles. The molecule has 0 spiro atoms. The quantitative estimate of drug-likeness (QED) is 0.853. The van der Waals surface area contributed by atoms with E-state index in [-0.39, 0.29) is 11.9 Å². The van der Waals surface area contributed by atoms with Gasteiger partial charge in [-0.2, -0.15) is 0 Å². The molecule has 0 saturated carbocycles. The van der Waals surface area contributed by atoms with Gasteiger partial charge < -0.3 is 5.32 Å². The van der Waals surface area contributed by atoms with Crippen LogP contribution in [-0.4, -0.2) is 6.54 Å². The van der Waals surface area contributed by atoms with Crippen LogP contribution in [0.1, 0.15) is 35.2 Å². The zero-order chi connectivity index (χ0) is 14.7. The number of halogens is 2. The van der Waals surface area contributed by atoms with E-state index >= 15 is 0 Å². The lowest BCUT2D eigenvalue weighted by Gasteiger charge is -2.21. The Hall–Kier alpha value is -1.38. The van der Waals surface area contributed by atoms with Crippen LogP contribution in [0.25, 0.3) is 0 Å². The summed E-state index contributed by atoms with van der Waals surface area (Å²) in [6.07, 6.45) is 0. The zero-order valence-electron chi connectivity index (χ0n) is 12.0. The van der Waals surface area contributed by atoms with Crippen molar-refractivity contribution >= 4 is 11.6 Å². The molecule has 3 heteroatoms. The summed E-state index contributed by atoms with van der Waals surface area (Å²) in [5.41, 5.74) is 4.17. The van der Waals surface area contributed by atoms with Crippen LogP contribution in [0.4, 0.5) is 4.39 Å². The monoisotopic (exact) mass is 291 g/mol. The average molecular weight is 292 g/mol. The van der Waals surface area contributed by atoms with Crippen LogP contribution in [-0.2, 0) is 0 Å². The summed E-state index contributed by atoms with van der Waals surface area (Å²) in [5.74, 6) is -0.205. The SMILES string of the molecule is CCNC(c1ccc(C)c(Cl)c1)c1ccc(F)cc1C. The van der Waals surface area contributed by atoms with Gasteiger partial charge in [-0.15, -0.1) is 0 Å². The number of hydrogen-bond donors (Lipinski definition) is 1. The van der Waals surface area contributed by atoms with E-state index in [1.54, 1.807) is 6.07 Å². The molecule has 0 radical (unpaired) electrons. The Morgan fingerprint density at radius 1 is 1.10 bits per heavy atom. The van der Waals surface area contributed by atoms with E-state index in [0.29, 0.717) is 0 Å². The Morgan fingerprint density at radius 3 is 2.45 bits per heavy atom. The van der Waals surface area contributed by atoms with Crippen LogP contribution in [0, 0.1) is 19.7 Å². The van der Waals surface area contributed by atoms with Crippen molar-refractivity contribution in [1.29, 1.82) is 0 Å². The molecule has 0 aromatic heterocycles. The average Bonchev–Trinajstić information content (AvgIpc) is 2.40. The highest BCUT2D eigenvalue weighted by atomic mass is 35.5. The van der Waals surface area contributed by atoms with Gasteiger partial charge in [-0.25, -0.2) is 4.39 Å². The summed E-state index contributed by atoms with van der Waals surface area (Å²) < 4.78 is 13.3. The molecular weight excluding hydrogens is 273 g/mol. The van der Waals surface area contributed by atoms with Gasteiger partial charge in [0.2, 0.25) is 0 Å². The molecule has 1 atom stereocenters. The van der Waals surface area contributed by atoms with Gasteiger partial charge in [0.05, 0.1) is 6.04 Å². The third-order valence-corrected chi connectivity index (χ3v) is 3.89. The fourth-order valence-corrected chi connectivity index (χ4v) is 2.55. The van der Waals surface area contributed by atoms with Crippen LogP contribution in [0.3, 0.4) is 0 Å². The molecule has 0 bridgehead atoms. The van der Waals surface area contributed by atoms with Crippen molar-refractivity contribution in [1.82, 2.24) is 5.32 Å². The molecule has 1 unspecified atom stereocenters. The summed E-state index contributed by atoms with van der Waals surface area (Å²) in [6.45, 7) is 6.80. The smallest absolute Gasteiger partial charge is 0.123 e. The fraction of sp³-hybridized carbons (Fsp3) is 0.294. The van der Waals surface area contributed by atoms with Crippen molar-refractivity contribution in [3.63, 3.8) is 0 Å². The minimum Gasteiger partial charge on any atom is -0.307 e. The van der Waals surface area contributed by atoms with Gasteiger partial charge in [0.15, 0.2) is 0 Å². The summed E-state index contributed by atoms with van der Waals surface area (Å²) in [4.78, 5) is 0. The topological polar surface area (TPSA) is 12.0 Å². The maximum Gasteiger partial charge on any atom is 0.123 e. The maximum atomic E-state index is 13.3. The molecule has 2 aromatic rings. The van der Waals surface area contributed by atoms with E-state index in [9.17, 15) is 4.39 Å². The predicted octanol–water partition coefficient (Wildman–Crippen LogP) is 4.79. The van der Waals surface area contributed by atoms with Crippen LogP contribution in [0.5, 0.6) is 0 Å². The van der Waals surface area contributed by atoms with E-state index in [1.165, 1.54) is 6.07 Å². The predicted molar refractivity (Wildman–Crippen MR) is 82.8 cm³/mol. The Kier molecular flexibility index (Phi) is 4.79. The minimum atomic E-state index is -0.205. The Morgan fingerprint density at radius 2 is 1.85 bits per heavy atom. The number of hydrogen-bond acceptors (Lipinski definition) is 1. The van der Waals surface area contributed by atoms with Gasteiger partial charge in [0.1, 0.15) is 5.82 Å². The zero-order valence-corrected chi connectivity index (χ0v) is 12.8. The minimum absolute atomic E-state index is 0.0266. The van der Waals surface area contributed by atoms with Gasteiger partial charge in [-0.1, -0.05) is 36.7 Å². The summed E-state index contributed by atoms with van der Waals surface area (Å²) in [7, 11) is 0. The van der Waals surface area contributed by atoms with Crippen molar-refractivity contribution in [2.24, 2.45) is 0 Å². The first kappa shape index (κ1) is 15.0. The van der Waals surface area contributed by atoms with E-state index in [2.05, 4.69) is 18.3 Å². The van der Waals surface area contributed by atoms with Gasteiger partial charge in [-0.3, -0.25) is 0 Å². The molecule has 0 aliphatic carbocycles. The largest absolute Gasteiger partial charge is 0.307 e. The standard InChI is InChI=1S/C17H19ClFN/c1-4-20-17(13-6-5-11(2)16(18)10-13)15-8-7-14(19)9-12(15)3/h5-10,17,20H,4H2,1-3H3. The lowest BCUT2D eigenvalue weighted by molar-refractivity contribution is 0.610. The van der Waals surface area contributed by atoms with Crippen LogP contribution < -0.4 is 5.32 Å². The van der Waals surface area contributed by atoms with E-state index in [4.69, 9.17) is 11.6 Å². The Balaban J connectivity index is 2.47. The van der Waals surface area contributed by atoms with Crippen LogP contribution in [0.2, 0.25) is 5.02 Å². The van der Waals surface area contributed by atoms with Crippen molar-refractivity contribution in [2.75, 3.05) is 6.54 Å². The highest BCUT2D eigenvalue weighted by molar-refractivity contribution is 6.31. The van der Waals surface area contributed by atoms with Gasteiger partial charge in [-0.05, 0) is 60.8 Å². The number of rotatable bonds is 4. The van der Waals surface area contributed by atoms with Crippen molar-refractivity contribution in [2.45, 2.75) is 26.8 Å². The number of aryl methyl sites for hydroxylation is 2. The van der Waals surface area contributed by atoms with Crippen LogP contribution in [0.15, 0.2) is 36.4 Å². The first-order valence-corrected chi connectivity index (χ1v) is 7.16. The summed E-state index contributed by atoms with van der Waals surface area (Å²) in [6, 6.07) is 11.0. The Bertz CT molecular complexity index is 610. The van der Waals surface area contributed by atoms with E-state index < -0.39 is 0 Å². The first-order chi connectivity index (χ1) is 9.52. The molecule has 1 N–H and O–H groups in total. The lowest BCUT2D eigenvalue weighted by Crippen LogP contribution is -2.22. The molecule has 2 rings (SSSR count). The highest BCUT2D eigenvalue weighted by Gasteiger charge is 2.16. The van der Waals surface area contributed by atoms with Crippen molar-refractivity contribution in [3.8, 4) is 0 Å². The molecule has 1 nitrogen and oxygen atoms in total. The summed E-state index contributed by atoms with van der Waals surface area (Å²) >= 11 is 6.22. The maximum absolute atomic E-state index is 13.3. The molecule has 0 amide bonds. The molecule has 106 valence electrons. The fourth-order valence-electron chi connectivity index (χ4n) is 2.36. The second-order valence-electron chi connectivity index (χ2n) is 5.00. The van der Waals surface area contributed by atoms with Crippen molar-refractivity contribution in [3.05, 3.63) is 69.5 Å². The molecule has 0 heterocycles. The summed E-state index contributed by atoms with van der Waals surface area (Å²) in [5, 5.41) is 4.20. The van der Waals surface area contributed by atoms with Gasteiger partial charge in [0, 0.05) is 5.02 Å².